The lowest BCUT2D eigenvalue weighted by Gasteiger charge is -2.05. The zero-order chi connectivity index (χ0) is 13.1. The molecule has 0 aliphatic heterocycles. The Morgan fingerprint density at radius 3 is 2.89 bits per heavy atom. The number of fused-ring (bicyclic) bond motifs is 1. The van der Waals surface area contributed by atoms with E-state index in [1.807, 2.05) is 6.07 Å². The molecule has 2 rings (SSSR count). The second-order valence-electron chi connectivity index (χ2n) is 3.72. The maximum atomic E-state index is 11.9. The standard InChI is InChI=1S/C12H11BrN2O2S/c13-8-2-1-7-5-10(12(17)14-3-4-18)15-11(16)9(7)6-8/h1-2,5-6,18H,3-4H2,(H,14,17)(H,15,16). The number of hydrogen-bond acceptors (Lipinski definition) is 3. The Labute approximate surface area is 117 Å². The van der Waals surface area contributed by atoms with Gasteiger partial charge in [0.2, 0.25) is 0 Å². The minimum absolute atomic E-state index is 0.261. The number of benzene rings is 1. The molecule has 1 aromatic heterocycles. The van der Waals surface area contributed by atoms with E-state index >= 15 is 0 Å². The largest absolute Gasteiger partial charge is 0.350 e. The van der Waals surface area contributed by atoms with E-state index in [9.17, 15) is 9.59 Å². The number of carbonyl (C=O) groups excluding carboxylic acids is 1. The molecule has 0 unspecified atom stereocenters. The molecule has 0 bridgehead atoms. The highest BCUT2D eigenvalue weighted by Crippen LogP contribution is 2.17. The summed E-state index contributed by atoms with van der Waals surface area (Å²) in [6.45, 7) is 0.461. The number of carbonyl (C=O) groups is 1. The zero-order valence-electron chi connectivity index (χ0n) is 9.37. The fourth-order valence-electron chi connectivity index (χ4n) is 1.62. The number of halogens is 1. The average Bonchev–Trinajstić information content (AvgIpc) is 2.36. The molecule has 0 atom stereocenters. The maximum absolute atomic E-state index is 11.9. The molecule has 0 saturated carbocycles. The molecule has 18 heavy (non-hydrogen) atoms. The van der Waals surface area contributed by atoms with Crippen molar-refractivity contribution in [3.63, 3.8) is 0 Å². The minimum atomic E-state index is -0.300. The van der Waals surface area contributed by atoms with Crippen molar-refractivity contribution >= 4 is 45.2 Å². The average molecular weight is 327 g/mol. The van der Waals surface area contributed by atoms with Crippen molar-refractivity contribution in [2.45, 2.75) is 0 Å². The van der Waals surface area contributed by atoms with Crippen LogP contribution < -0.4 is 10.9 Å². The molecule has 0 saturated heterocycles. The van der Waals surface area contributed by atoms with Gasteiger partial charge in [0.1, 0.15) is 5.69 Å². The van der Waals surface area contributed by atoms with Crippen LogP contribution in [0.3, 0.4) is 0 Å². The Bertz CT molecular complexity index is 654. The molecule has 2 aromatic rings. The van der Waals surface area contributed by atoms with E-state index in [-0.39, 0.29) is 17.2 Å². The van der Waals surface area contributed by atoms with Gasteiger partial charge in [-0.3, -0.25) is 9.59 Å². The summed E-state index contributed by atoms with van der Waals surface area (Å²) in [6, 6.07) is 7.02. The summed E-state index contributed by atoms with van der Waals surface area (Å²) in [4.78, 5) is 26.2. The van der Waals surface area contributed by atoms with Gasteiger partial charge in [0.05, 0.1) is 0 Å². The summed E-state index contributed by atoms with van der Waals surface area (Å²) in [5, 5.41) is 3.94. The van der Waals surface area contributed by atoms with Crippen molar-refractivity contribution in [2.24, 2.45) is 0 Å². The first-order valence-corrected chi connectivity index (χ1v) is 6.76. The molecule has 2 N–H and O–H groups in total. The van der Waals surface area contributed by atoms with Gasteiger partial charge in [0.15, 0.2) is 0 Å². The number of pyridine rings is 1. The van der Waals surface area contributed by atoms with Crippen molar-refractivity contribution in [1.82, 2.24) is 10.3 Å². The van der Waals surface area contributed by atoms with Crippen LogP contribution in [-0.2, 0) is 0 Å². The first-order chi connectivity index (χ1) is 8.61. The third-order valence-corrected chi connectivity index (χ3v) is 3.17. The minimum Gasteiger partial charge on any atom is -0.350 e. The third-order valence-electron chi connectivity index (χ3n) is 2.45. The van der Waals surface area contributed by atoms with E-state index in [4.69, 9.17) is 0 Å². The van der Waals surface area contributed by atoms with Crippen LogP contribution >= 0.6 is 28.6 Å². The molecule has 94 valence electrons. The Morgan fingerprint density at radius 2 is 2.17 bits per heavy atom. The highest BCUT2D eigenvalue weighted by molar-refractivity contribution is 9.10. The Kier molecular flexibility index (Phi) is 4.08. The summed E-state index contributed by atoms with van der Waals surface area (Å²) in [7, 11) is 0. The van der Waals surface area contributed by atoms with Crippen LogP contribution in [0.2, 0.25) is 0 Å². The van der Waals surface area contributed by atoms with E-state index in [2.05, 4.69) is 38.9 Å². The number of nitrogens with one attached hydrogen (secondary N) is 2. The number of H-pyrrole nitrogens is 1. The summed E-state index contributed by atoms with van der Waals surface area (Å²) >= 11 is 7.31. The summed E-state index contributed by atoms with van der Waals surface area (Å²) in [5.41, 5.74) is -0.0126. The molecule has 0 radical (unpaired) electrons. The van der Waals surface area contributed by atoms with Gasteiger partial charge < -0.3 is 10.3 Å². The van der Waals surface area contributed by atoms with Crippen molar-refractivity contribution in [1.29, 1.82) is 0 Å². The molecule has 6 heteroatoms. The quantitative estimate of drug-likeness (QED) is 0.755. The van der Waals surface area contributed by atoms with Crippen LogP contribution in [0, 0.1) is 0 Å². The van der Waals surface area contributed by atoms with E-state index in [0.29, 0.717) is 17.7 Å². The second kappa shape index (κ2) is 5.58. The van der Waals surface area contributed by atoms with E-state index in [1.165, 1.54) is 0 Å². The van der Waals surface area contributed by atoms with Gasteiger partial charge >= 0.3 is 0 Å². The Morgan fingerprint density at radius 1 is 1.39 bits per heavy atom. The van der Waals surface area contributed by atoms with Gasteiger partial charge in [-0.1, -0.05) is 22.0 Å². The first-order valence-electron chi connectivity index (χ1n) is 5.33. The number of rotatable bonds is 3. The van der Waals surface area contributed by atoms with Gasteiger partial charge in [0, 0.05) is 22.2 Å². The normalized spacial score (nSPS) is 10.6. The van der Waals surface area contributed by atoms with Crippen molar-refractivity contribution < 1.29 is 4.79 Å². The molecule has 0 aliphatic carbocycles. The lowest BCUT2D eigenvalue weighted by molar-refractivity contribution is 0.0951. The third kappa shape index (κ3) is 2.76. The van der Waals surface area contributed by atoms with E-state index in [0.717, 1.165) is 9.86 Å². The first kappa shape index (κ1) is 13.2. The van der Waals surface area contributed by atoms with Crippen LogP contribution in [0.5, 0.6) is 0 Å². The topological polar surface area (TPSA) is 62.0 Å². The molecule has 0 fully saturated rings. The van der Waals surface area contributed by atoms with Gasteiger partial charge in [0.25, 0.3) is 11.5 Å². The summed E-state index contributed by atoms with van der Waals surface area (Å²) < 4.78 is 0.827. The molecule has 1 aromatic carbocycles. The molecular formula is C12H11BrN2O2S. The molecule has 4 nitrogen and oxygen atoms in total. The van der Waals surface area contributed by atoms with Crippen LogP contribution in [0.25, 0.3) is 10.8 Å². The van der Waals surface area contributed by atoms with E-state index in [1.54, 1.807) is 18.2 Å². The fourth-order valence-corrected chi connectivity index (χ4v) is 2.09. The molecule has 0 aliphatic rings. The number of thiol groups is 1. The molecule has 1 amide bonds. The van der Waals surface area contributed by atoms with Gasteiger partial charge in [-0.05, 0) is 23.6 Å². The van der Waals surface area contributed by atoms with Crippen molar-refractivity contribution in [3.05, 3.63) is 44.8 Å². The number of aromatic nitrogens is 1. The second-order valence-corrected chi connectivity index (χ2v) is 5.09. The number of amides is 1. The van der Waals surface area contributed by atoms with E-state index < -0.39 is 0 Å². The van der Waals surface area contributed by atoms with Crippen molar-refractivity contribution in [2.75, 3.05) is 12.3 Å². The number of hydrogen-bond donors (Lipinski definition) is 3. The lowest BCUT2D eigenvalue weighted by Crippen LogP contribution is -2.28. The van der Waals surface area contributed by atoms with Gasteiger partial charge in [-0.2, -0.15) is 12.6 Å². The molecular weight excluding hydrogens is 316 g/mol. The fraction of sp³-hybridized carbons (Fsp3) is 0.167. The SMILES string of the molecule is O=C(NCCS)c1cc2ccc(Br)cc2c(=O)[nH]1. The predicted molar refractivity (Wildman–Crippen MR) is 78.5 cm³/mol. The highest BCUT2D eigenvalue weighted by atomic mass is 79.9. The maximum Gasteiger partial charge on any atom is 0.267 e. The van der Waals surface area contributed by atoms with Crippen LogP contribution in [-0.4, -0.2) is 23.2 Å². The summed E-state index contributed by atoms with van der Waals surface area (Å²) in [6.07, 6.45) is 0. The zero-order valence-corrected chi connectivity index (χ0v) is 11.8. The molecule has 1 heterocycles. The Hall–Kier alpha value is -1.27. The highest BCUT2D eigenvalue weighted by Gasteiger charge is 2.08. The van der Waals surface area contributed by atoms with Gasteiger partial charge in [-0.15, -0.1) is 0 Å². The van der Waals surface area contributed by atoms with Crippen LogP contribution in [0.4, 0.5) is 0 Å². The van der Waals surface area contributed by atoms with Crippen molar-refractivity contribution in [3.8, 4) is 0 Å². The number of aromatic amines is 1. The van der Waals surface area contributed by atoms with Crippen LogP contribution in [0.15, 0.2) is 33.5 Å². The lowest BCUT2D eigenvalue weighted by atomic mass is 10.1. The monoisotopic (exact) mass is 326 g/mol. The molecule has 0 spiro atoms. The predicted octanol–water partition coefficient (Wildman–Crippen LogP) is 1.95. The van der Waals surface area contributed by atoms with Gasteiger partial charge in [-0.25, -0.2) is 0 Å². The summed E-state index contributed by atoms with van der Waals surface area (Å²) in [5.74, 6) is 0.252. The Balaban J connectivity index is 2.46. The smallest absolute Gasteiger partial charge is 0.267 e. The van der Waals surface area contributed by atoms with Crippen LogP contribution in [0.1, 0.15) is 10.5 Å².